The topological polar surface area (TPSA) is 72.2 Å². The van der Waals surface area contributed by atoms with Crippen molar-refractivity contribution in [2.75, 3.05) is 5.73 Å². The minimum atomic E-state index is -3.66. The number of benzene rings is 1. The minimum absolute atomic E-state index is 0.0197. The number of rotatable bonds is 4. The van der Waals surface area contributed by atoms with Gasteiger partial charge in [0.25, 0.3) is 0 Å². The van der Waals surface area contributed by atoms with E-state index in [0.29, 0.717) is 5.02 Å². The Morgan fingerprint density at radius 3 is 2.75 bits per heavy atom. The highest BCUT2D eigenvalue weighted by Gasteiger charge is 2.19. The molecule has 1 atom stereocenters. The molecule has 0 fully saturated rings. The quantitative estimate of drug-likeness (QED) is 0.640. The van der Waals surface area contributed by atoms with Crippen molar-refractivity contribution in [3.8, 4) is 0 Å². The summed E-state index contributed by atoms with van der Waals surface area (Å²) in [6.07, 6.45) is 1.48. The van der Waals surface area contributed by atoms with Gasteiger partial charge in [-0.2, -0.15) is 0 Å². The average molecular weight is 261 g/mol. The molecule has 1 aromatic carbocycles. The fraction of sp³-hybridized carbons (Fsp3) is 0.200. The van der Waals surface area contributed by atoms with Crippen molar-refractivity contribution in [1.29, 1.82) is 0 Å². The van der Waals surface area contributed by atoms with Crippen LogP contribution in [0.2, 0.25) is 5.02 Å². The van der Waals surface area contributed by atoms with E-state index < -0.39 is 10.0 Å². The Hall–Kier alpha value is -1.04. The van der Waals surface area contributed by atoms with Gasteiger partial charge in [0, 0.05) is 11.1 Å². The van der Waals surface area contributed by atoms with Crippen molar-refractivity contribution in [2.24, 2.45) is 0 Å². The molecule has 0 bridgehead atoms. The van der Waals surface area contributed by atoms with Gasteiger partial charge in [0.05, 0.1) is 5.69 Å². The van der Waals surface area contributed by atoms with Crippen LogP contribution in [-0.4, -0.2) is 14.5 Å². The Kier molecular flexibility index (Phi) is 3.96. The lowest BCUT2D eigenvalue weighted by atomic mass is 10.3. The van der Waals surface area contributed by atoms with Crippen LogP contribution < -0.4 is 10.5 Å². The van der Waals surface area contributed by atoms with E-state index in [4.69, 9.17) is 17.3 Å². The molecule has 0 aliphatic rings. The standard InChI is InChI=1S/C10H13ClN2O2S/c1-3-7(2)13-16(14,15)10-6-8(11)4-5-9(10)12/h3-7,13H,1,12H2,2H3. The van der Waals surface area contributed by atoms with Gasteiger partial charge >= 0.3 is 0 Å². The highest BCUT2D eigenvalue weighted by atomic mass is 35.5. The van der Waals surface area contributed by atoms with E-state index in [1.54, 1.807) is 6.92 Å². The summed E-state index contributed by atoms with van der Waals surface area (Å²) in [5, 5.41) is 0.320. The Morgan fingerprint density at radius 1 is 1.56 bits per heavy atom. The van der Waals surface area contributed by atoms with E-state index in [9.17, 15) is 8.42 Å². The molecule has 0 spiro atoms. The molecule has 3 N–H and O–H groups in total. The second-order valence-electron chi connectivity index (χ2n) is 3.33. The van der Waals surface area contributed by atoms with Crippen LogP contribution in [0.5, 0.6) is 0 Å². The number of hydrogen-bond donors (Lipinski definition) is 2. The average Bonchev–Trinajstić information content (AvgIpc) is 2.20. The van der Waals surface area contributed by atoms with Gasteiger partial charge in [0.1, 0.15) is 4.90 Å². The third kappa shape index (κ3) is 2.98. The summed E-state index contributed by atoms with van der Waals surface area (Å²) in [6, 6.07) is 3.93. The van der Waals surface area contributed by atoms with Crippen LogP contribution in [0, 0.1) is 0 Å². The first-order valence-electron chi connectivity index (χ1n) is 4.56. The summed E-state index contributed by atoms with van der Waals surface area (Å²) in [5.41, 5.74) is 5.75. The first kappa shape index (κ1) is 13.0. The van der Waals surface area contributed by atoms with E-state index in [1.807, 2.05) is 0 Å². The summed E-state index contributed by atoms with van der Waals surface area (Å²) < 4.78 is 26.2. The molecule has 0 heterocycles. The lowest BCUT2D eigenvalue weighted by Gasteiger charge is -2.12. The van der Waals surface area contributed by atoms with Crippen molar-refractivity contribution in [2.45, 2.75) is 17.9 Å². The molecule has 0 radical (unpaired) electrons. The van der Waals surface area contributed by atoms with E-state index in [0.717, 1.165) is 0 Å². The predicted molar refractivity (Wildman–Crippen MR) is 65.8 cm³/mol. The van der Waals surface area contributed by atoms with Crippen LogP contribution in [-0.2, 0) is 10.0 Å². The molecular formula is C10H13ClN2O2S. The highest BCUT2D eigenvalue weighted by molar-refractivity contribution is 7.89. The maximum atomic E-state index is 11.9. The number of nitrogen functional groups attached to an aromatic ring is 1. The van der Waals surface area contributed by atoms with Crippen LogP contribution in [0.1, 0.15) is 6.92 Å². The molecule has 0 aliphatic heterocycles. The zero-order valence-corrected chi connectivity index (χ0v) is 10.3. The van der Waals surface area contributed by atoms with Gasteiger partial charge in [-0.05, 0) is 25.1 Å². The number of anilines is 1. The van der Waals surface area contributed by atoms with Crippen LogP contribution in [0.4, 0.5) is 5.69 Å². The zero-order valence-electron chi connectivity index (χ0n) is 8.77. The first-order valence-corrected chi connectivity index (χ1v) is 6.43. The zero-order chi connectivity index (χ0) is 12.3. The minimum Gasteiger partial charge on any atom is -0.398 e. The number of hydrogen-bond acceptors (Lipinski definition) is 3. The molecule has 1 aromatic rings. The van der Waals surface area contributed by atoms with Gasteiger partial charge in [-0.1, -0.05) is 17.7 Å². The smallest absolute Gasteiger partial charge is 0.243 e. The molecule has 4 nitrogen and oxygen atoms in total. The molecule has 0 saturated carbocycles. The van der Waals surface area contributed by atoms with E-state index in [2.05, 4.69) is 11.3 Å². The maximum absolute atomic E-state index is 11.9. The van der Waals surface area contributed by atoms with Gasteiger partial charge < -0.3 is 5.73 Å². The highest BCUT2D eigenvalue weighted by Crippen LogP contribution is 2.22. The van der Waals surface area contributed by atoms with Crippen LogP contribution in [0.25, 0.3) is 0 Å². The van der Waals surface area contributed by atoms with Gasteiger partial charge in [-0.25, -0.2) is 13.1 Å². The first-order chi connectivity index (χ1) is 7.36. The van der Waals surface area contributed by atoms with Gasteiger partial charge in [-0.15, -0.1) is 6.58 Å². The monoisotopic (exact) mass is 260 g/mol. The second-order valence-corrected chi connectivity index (χ2v) is 5.45. The third-order valence-electron chi connectivity index (χ3n) is 1.96. The van der Waals surface area contributed by atoms with Crippen molar-refractivity contribution in [3.05, 3.63) is 35.9 Å². The molecule has 1 unspecified atom stereocenters. The van der Waals surface area contributed by atoms with E-state index in [-0.39, 0.29) is 16.6 Å². The fourth-order valence-corrected chi connectivity index (χ4v) is 2.71. The molecule has 88 valence electrons. The number of nitrogens with one attached hydrogen (secondary N) is 1. The lowest BCUT2D eigenvalue weighted by molar-refractivity contribution is 0.576. The molecule has 1 rings (SSSR count). The Morgan fingerprint density at radius 2 is 2.19 bits per heavy atom. The van der Waals surface area contributed by atoms with Crippen LogP contribution >= 0.6 is 11.6 Å². The summed E-state index contributed by atoms with van der Waals surface area (Å²) in [5.74, 6) is 0. The molecule has 16 heavy (non-hydrogen) atoms. The molecule has 0 amide bonds. The molecule has 0 saturated heterocycles. The number of nitrogens with two attached hydrogens (primary N) is 1. The predicted octanol–water partition coefficient (Wildman–Crippen LogP) is 1.78. The maximum Gasteiger partial charge on any atom is 0.243 e. The summed E-state index contributed by atoms with van der Waals surface area (Å²) in [6.45, 7) is 5.17. The molecule has 0 aliphatic carbocycles. The Balaban J connectivity index is 3.16. The summed E-state index contributed by atoms with van der Waals surface area (Å²) >= 11 is 5.73. The van der Waals surface area contributed by atoms with Crippen molar-refractivity contribution in [3.63, 3.8) is 0 Å². The summed E-state index contributed by atoms with van der Waals surface area (Å²) in [4.78, 5) is -0.0197. The van der Waals surface area contributed by atoms with Crippen molar-refractivity contribution >= 4 is 27.3 Å². The van der Waals surface area contributed by atoms with Gasteiger partial charge in [0.15, 0.2) is 0 Å². The van der Waals surface area contributed by atoms with Gasteiger partial charge in [-0.3, -0.25) is 0 Å². The molecule has 6 heteroatoms. The SMILES string of the molecule is C=CC(C)NS(=O)(=O)c1cc(Cl)ccc1N. The largest absolute Gasteiger partial charge is 0.398 e. The van der Waals surface area contributed by atoms with Crippen LogP contribution in [0.3, 0.4) is 0 Å². The fourth-order valence-electron chi connectivity index (χ4n) is 1.10. The Bertz CT molecular complexity index is 500. The molecular weight excluding hydrogens is 248 g/mol. The normalized spacial score (nSPS) is 13.4. The molecule has 0 aromatic heterocycles. The number of sulfonamides is 1. The third-order valence-corrected chi connectivity index (χ3v) is 3.81. The van der Waals surface area contributed by atoms with Gasteiger partial charge in [0.2, 0.25) is 10.0 Å². The van der Waals surface area contributed by atoms with Crippen LogP contribution in [0.15, 0.2) is 35.7 Å². The second kappa shape index (κ2) is 4.86. The number of halogens is 1. The van der Waals surface area contributed by atoms with Crippen molar-refractivity contribution < 1.29 is 8.42 Å². The van der Waals surface area contributed by atoms with E-state index >= 15 is 0 Å². The summed E-state index contributed by atoms with van der Waals surface area (Å²) in [7, 11) is -3.66. The lowest BCUT2D eigenvalue weighted by Crippen LogP contribution is -2.31. The van der Waals surface area contributed by atoms with E-state index in [1.165, 1.54) is 24.3 Å². The van der Waals surface area contributed by atoms with Crippen molar-refractivity contribution in [1.82, 2.24) is 4.72 Å². The Labute approximate surface area is 100 Å².